The Kier molecular flexibility index (Phi) is 6.12. The van der Waals surface area contributed by atoms with Gasteiger partial charge in [-0.2, -0.15) is 12.7 Å². The van der Waals surface area contributed by atoms with E-state index in [0.29, 0.717) is 25.6 Å². The molecule has 0 bridgehead atoms. The number of piperidine rings is 1. The maximum absolute atomic E-state index is 12.3. The summed E-state index contributed by atoms with van der Waals surface area (Å²) in [4.78, 5) is 4.22. The average molecular weight is 332 g/mol. The zero-order chi connectivity index (χ0) is 15.3. The van der Waals surface area contributed by atoms with E-state index in [9.17, 15) is 8.42 Å². The second-order valence-electron chi connectivity index (χ2n) is 5.52. The molecule has 0 aromatic carbocycles. The largest absolute Gasteiger partial charge is 0.319 e. The summed E-state index contributed by atoms with van der Waals surface area (Å²) < 4.78 is 28.9. The number of nitrogens with zero attached hydrogens (tertiary/aromatic N) is 2. The van der Waals surface area contributed by atoms with E-state index in [-0.39, 0.29) is 5.92 Å². The van der Waals surface area contributed by atoms with Gasteiger partial charge in [0, 0.05) is 37.1 Å². The molecule has 21 heavy (non-hydrogen) atoms. The molecular formula is C13H24N4O2S2. The third kappa shape index (κ3) is 4.72. The molecule has 1 unspecified atom stereocenters. The first-order valence-electron chi connectivity index (χ1n) is 7.31. The molecule has 1 saturated heterocycles. The summed E-state index contributed by atoms with van der Waals surface area (Å²) in [5.41, 5.74) is 0. The van der Waals surface area contributed by atoms with E-state index < -0.39 is 10.2 Å². The molecule has 1 aromatic heterocycles. The van der Waals surface area contributed by atoms with Crippen molar-refractivity contribution < 1.29 is 8.42 Å². The summed E-state index contributed by atoms with van der Waals surface area (Å²) in [5.74, 6) is 0.678. The van der Waals surface area contributed by atoms with Crippen LogP contribution >= 0.6 is 11.3 Å². The van der Waals surface area contributed by atoms with Gasteiger partial charge in [-0.15, -0.1) is 11.3 Å². The zero-order valence-electron chi connectivity index (χ0n) is 12.6. The highest BCUT2D eigenvalue weighted by atomic mass is 32.2. The summed E-state index contributed by atoms with van der Waals surface area (Å²) in [6.45, 7) is 4.55. The number of thiazole rings is 1. The van der Waals surface area contributed by atoms with Gasteiger partial charge in [0.05, 0.1) is 5.01 Å². The van der Waals surface area contributed by atoms with E-state index in [1.54, 1.807) is 21.8 Å². The van der Waals surface area contributed by atoms with Crippen LogP contribution in [0.3, 0.4) is 0 Å². The van der Waals surface area contributed by atoms with Crippen LogP contribution in [-0.2, 0) is 10.2 Å². The number of hydrogen-bond donors (Lipinski definition) is 2. The third-order valence-corrected chi connectivity index (χ3v) is 6.43. The molecule has 1 aromatic rings. The first-order valence-corrected chi connectivity index (χ1v) is 9.63. The minimum Gasteiger partial charge on any atom is -0.319 e. The zero-order valence-corrected chi connectivity index (χ0v) is 14.2. The Hall–Kier alpha value is -0.540. The molecule has 0 saturated carbocycles. The summed E-state index contributed by atoms with van der Waals surface area (Å²) >= 11 is 1.56. The van der Waals surface area contributed by atoms with Gasteiger partial charge in [-0.1, -0.05) is 6.92 Å². The van der Waals surface area contributed by atoms with Crippen molar-refractivity contribution in [2.45, 2.75) is 25.7 Å². The topological polar surface area (TPSA) is 74.3 Å². The lowest BCUT2D eigenvalue weighted by molar-refractivity contribution is 0.268. The van der Waals surface area contributed by atoms with Crippen molar-refractivity contribution in [3.05, 3.63) is 16.6 Å². The Balaban J connectivity index is 1.82. The van der Waals surface area contributed by atoms with Crippen LogP contribution in [0.15, 0.2) is 11.6 Å². The van der Waals surface area contributed by atoms with Crippen molar-refractivity contribution in [3.8, 4) is 0 Å². The summed E-state index contributed by atoms with van der Waals surface area (Å²) in [6.07, 6.45) is 3.59. The van der Waals surface area contributed by atoms with Gasteiger partial charge < -0.3 is 5.32 Å². The van der Waals surface area contributed by atoms with Gasteiger partial charge in [-0.25, -0.2) is 9.71 Å². The van der Waals surface area contributed by atoms with Crippen LogP contribution in [0.2, 0.25) is 0 Å². The van der Waals surface area contributed by atoms with E-state index in [0.717, 1.165) is 24.4 Å². The molecular weight excluding hydrogens is 308 g/mol. The van der Waals surface area contributed by atoms with Crippen LogP contribution in [0.5, 0.6) is 0 Å². The van der Waals surface area contributed by atoms with E-state index in [4.69, 9.17) is 0 Å². The fraction of sp³-hybridized carbons (Fsp3) is 0.769. The lowest BCUT2D eigenvalue weighted by atomic mass is 9.98. The molecule has 0 aliphatic carbocycles. The molecule has 1 aliphatic rings. The monoisotopic (exact) mass is 332 g/mol. The Morgan fingerprint density at radius 3 is 2.76 bits per heavy atom. The third-order valence-electron chi connectivity index (χ3n) is 3.85. The van der Waals surface area contributed by atoms with E-state index >= 15 is 0 Å². The second kappa shape index (κ2) is 7.64. The lowest BCUT2D eigenvalue weighted by Crippen LogP contribution is -2.46. The van der Waals surface area contributed by atoms with Gasteiger partial charge in [0.2, 0.25) is 0 Å². The van der Waals surface area contributed by atoms with Gasteiger partial charge in [0.1, 0.15) is 0 Å². The Labute approximate surface area is 131 Å². The molecule has 120 valence electrons. The Morgan fingerprint density at radius 1 is 1.48 bits per heavy atom. The van der Waals surface area contributed by atoms with Crippen molar-refractivity contribution in [2.24, 2.45) is 5.92 Å². The SMILES string of the molecule is CNCC1CCN(S(=O)(=O)NCC(C)c2nccs2)CC1. The predicted molar refractivity (Wildman–Crippen MR) is 85.7 cm³/mol. The van der Waals surface area contributed by atoms with E-state index in [1.165, 1.54) is 0 Å². The normalized spacial score (nSPS) is 19.7. The predicted octanol–water partition coefficient (Wildman–Crippen LogP) is 1.01. The van der Waals surface area contributed by atoms with Crippen LogP contribution in [-0.4, -0.2) is 50.9 Å². The molecule has 8 heteroatoms. The molecule has 1 atom stereocenters. The Bertz CT molecular complexity index is 510. The molecule has 6 nitrogen and oxygen atoms in total. The number of nitrogens with one attached hydrogen (secondary N) is 2. The van der Waals surface area contributed by atoms with Gasteiger partial charge in [-0.05, 0) is 32.4 Å². The van der Waals surface area contributed by atoms with Gasteiger partial charge in [-0.3, -0.25) is 0 Å². The smallest absolute Gasteiger partial charge is 0.279 e. The van der Waals surface area contributed by atoms with Crippen molar-refractivity contribution in [2.75, 3.05) is 33.2 Å². The highest BCUT2D eigenvalue weighted by Crippen LogP contribution is 2.20. The van der Waals surface area contributed by atoms with Crippen LogP contribution in [0, 0.1) is 5.92 Å². The minimum absolute atomic E-state index is 0.0987. The molecule has 0 radical (unpaired) electrons. The van der Waals surface area contributed by atoms with Crippen molar-refractivity contribution in [1.82, 2.24) is 19.3 Å². The molecule has 2 rings (SSSR count). The molecule has 0 amide bonds. The number of aromatic nitrogens is 1. The van der Waals surface area contributed by atoms with E-state index in [1.807, 2.05) is 19.4 Å². The van der Waals surface area contributed by atoms with Gasteiger partial charge in [0.15, 0.2) is 0 Å². The second-order valence-corrected chi connectivity index (χ2v) is 8.21. The van der Waals surface area contributed by atoms with Gasteiger partial charge >= 0.3 is 0 Å². The standard InChI is InChI=1S/C13H24N4O2S2/c1-11(13-15-5-8-20-13)9-16-21(18,19)17-6-3-12(4-7-17)10-14-2/h5,8,11-12,14,16H,3-4,6-7,9-10H2,1-2H3. The Morgan fingerprint density at radius 2 is 2.19 bits per heavy atom. The lowest BCUT2D eigenvalue weighted by Gasteiger charge is -2.31. The molecule has 2 heterocycles. The van der Waals surface area contributed by atoms with Crippen LogP contribution in [0.1, 0.15) is 30.7 Å². The quantitative estimate of drug-likeness (QED) is 0.781. The fourth-order valence-electron chi connectivity index (χ4n) is 2.53. The van der Waals surface area contributed by atoms with Crippen LogP contribution in [0.4, 0.5) is 0 Å². The number of hydrogen-bond acceptors (Lipinski definition) is 5. The van der Waals surface area contributed by atoms with Crippen molar-refractivity contribution in [1.29, 1.82) is 0 Å². The van der Waals surface area contributed by atoms with E-state index in [2.05, 4.69) is 15.0 Å². The molecule has 2 N–H and O–H groups in total. The summed E-state index contributed by atoms with van der Waals surface area (Å²) in [7, 11) is -1.43. The van der Waals surface area contributed by atoms with Crippen molar-refractivity contribution in [3.63, 3.8) is 0 Å². The summed E-state index contributed by atoms with van der Waals surface area (Å²) in [5, 5.41) is 6.03. The highest BCUT2D eigenvalue weighted by Gasteiger charge is 2.27. The maximum atomic E-state index is 12.3. The molecule has 0 spiro atoms. The average Bonchev–Trinajstić information content (AvgIpc) is 3.00. The first-order chi connectivity index (χ1) is 10.0. The fourth-order valence-corrected chi connectivity index (χ4v) is 4.56. The van der Waals surface area contributed by atoms with Crippen LogP contribution < -0.4 is 10.0 Å². The molecule has 1 aliphatic heterocycles. The maximum Gasteiger partial charge on any atom is 0.279 e. The molecule has 1 fully saturated rings. The highest BCUT2D eigenvalue weighted by molar-refractivity contribution is 7.87. The van der Waals surface area contributed by atoms with Crippen LogP contribution in [0.25, 0.3) is 0 Å². The first kappa shape index (κ1) is 16.8. The summed E-state index contributed by atoms with van der Waals surface area (Å²) in [6, 6.07) is 0. The minimum atomic E-state index is -3.37. The number of rotatable bonds is 7. The van der Waals surface area contributed by atoms with Crippen molar-refractivity contribution >= 4 is 21.5 Å². The van der Waals surface area contributed by atoms with Gasteiger partial charge in [0.25, 0.3) is 10.2 Å².